The predicted molar refractivity (Wildman–Crippen MR) is 83.5 cm³/mol. The largest absolute Gasteiger partial charge is 0.312 e. The average Bonchev–Trinajstić information content (AvgIpc) is 2.84. The molecule has 0 spiro atoms. The molecule has 0 aromatic carbocycles. The van der Waals surface area contributed by atoms with E-state index in [1.165, 1.54) is 17.8 Å². The summed E-state index contributed by atoms with van der Waals surface area (Å²) >= 11 is 1.52. The lowest BCUT2D eigenvalue weighted by Gasteiger charge is -2.23. The van der Waals surface area contributed by atoms with Gasteiger partial charge in [0.05, 0.1) is 4.90 Å². The van der Waals surface area contributed by atoms with Crippen LogP contribution in [-0.4, -0.2) is 32.4 Å². The summed E-state index contributed by atoms with van der Waals surface area (Å²) in [6.45, 7) is 5.02. The number of hydrogen-bond donors (Lipinski definition) is 1. The molecule has 1 aliphatic rings. The standard InChI is InChI=1S/C14H24N2O2S2/c1-2-15-11-13-10-14(12-19-13)20(17,18)16-8-6-4-3-5-7-9-16/h10,12,15H,2-9,11H2,1H3. The number of hydrogen-bond acceptors (Lipinski definition) is 4. The molecular weight excluding hydrogens is 292 g/mol. The molecule has 0 bridgehead atoms. The second-order valence-electron chi connectivity index (χ2n) is 5.20. The fourth-order valence-electron chi connectivity index (χ4n) is 2.44. The topological polar surface area (TPSA) is 49.4 Å². The summed E-state index contributed by atoms with van der Waals surface area (Å²) in [6, 6.07) is 1.82. The van der Waals surface area contributed by atoms with Gasteiger partial charge in [0, 0.05) is 29.9 Å². The van der Waals surface area contributed by atoms with E-state index in [1.807, 2.05) is 13.0 Å². The van der Waals surface area contributed by atoms with Crippen molar-refractivity contribution in [3.8, 4) is 0 Å². The molecule has 6 heteroatoms. The van der Waals surface area contributed by atoms with E-state index in [1.54, 1.807) is 9.69 Å². The third-order valence-electron chi connectivity index (χ3n) is 3.63. The van der Waals surface area contributed by atoms with Gasteiger partial charge in [0.2, 0.25) is 10.0 Å². The molecule has 0 unspecified atom stereocenters. The monoisotopic (exact) mass is 316 g/mol. The van der Waals surface area contributed by atoms with Crippen molar-refractivity contribution in [1.82, 2.24) is 9.62 Å². The number of thiophene rings is 1. The highest BCUT2D eigenvalue weighted by atomic mass is 32.2. The van der Waals surface area contributed by atoms with Crippen molar-refractivity contribution in [2.45, 2.75) is 50.5 Å². The van der Waals surface area contributed by atoms with Crippen molar-refractivity contribution in [3.63, 3.8) is 0 Å². The predicted octanol–water partition coefficient (Wildman–Crippen LogP) is 2.81. The molecule has 0 amide bonds. The smallest absolute Gasteiger partial charge is 0.243 e. The Kier molecular flexibility index (Phi) is 6.01. The Hall–Kier alpha value is -0.430. The SMILES string of the molecule is CCNCc1cc(S(=O)(=O)N2CCCCCCC2)cs1. The van der Waals surface area contributed by atoms with Crippen LogP contribution in [0.5, 0.6) is 0 Å². The lowest BCUT2D eigenvalue weighted by Crippen LogP contribution is -2.33. The Morgan fingerprint density at radius 2 is 1.85 bits per heavy atom. The molecule has 0 saturated carbocycles. The van der Waals surface area contributed by atoms with Crippen LogP contribution in [0, 0.1) is 0 Å². The highest BCUT2D eigenvalue weighted by molar-refractivity contribution is 7.89. The van der Waals surface area contributed by atoms with Crippen LogP contribution in [0.4, 0.5) is 0 Å². The number of nitrogens with one attached hydrogen (secondary N) is 1. The van der Waals surface area contributed by atoms with Gasteiger partial charge >= 0.3 is 0 Å². The lowest BCUT2D eigenvalue weighted by atomic mass is 10.1. The van der Waals surface area contributed by atoms with Crippen LogP contribution in [0.25, 0.3) is 0 Å². The normalized spacial score (nSPS) is 18.6. The Labute approximate surface area is 126 Å². The van der Waals surface area contributed by atoms with Gasteiger partial charge in [-0.05, 0) is 25.5 Å². The molecular formula is C14H24N2O2S2. The molecule has 20 heavy (non-hydrogen) atoms. The molecule has 1 fully saturated rings. The molecule has 2 heterocycles. The van der Waals surface area contributed by atoms with Gasteiger partial charge in [0.15, 0.2) is 0 Å². The quantitative estimate of drug-likeness (QED) is 0.909. The number of nitrogens with zero attached hydrogens (tertiary/aromatic N) is 1. The molecule has 0 radical (unpaired) electrons. The van der Waals surface area contributed by atoms with Gasteiger partial charge in [-0.1, -0.05) is 26.2 Å². The number of rotatable bonds is 5. The zero-order chi connectivity index (χ0) is 14.4. The highest BCUT2D eigenvalue weighted by Gasteiger charge is 2.25. The Morgan fingerprint density at radius 3 is 2.50 bits per heavy atom. The van der Waals surface area contributed by atoms with Gasteiger partial charge in [0.1, 0.15) is 0 Å². The van der Waals surface area contributed by atoms with Crippen LogP contribution in [0.3, 0.4) is 0 Å². The minimum atomic E-state index is -3.29. The van der Waals surface area contributed by atoms with Gasteiger partial charge in [-0.25, -0.2) is 8.42 Å². The van der Waals surface area contributed by atoms with Crippen molar-refractivity contribution >= 4 is 21.4 Å². The van der Waals surface area contributed by atoms with Crippen molar-refractivity contribution in [3.05, 3.63) is 16.3 Å². The molecule has 0 atom stereocenters. The van der Waals surface area contributed by atoms with E-state index >= 15 is 0 Å². The molecule has 1 N–H and O–H groups in total. The first-order chi connectivity index (χ1) is 9.64. The van der Waals surface area contributed by atoms with Gasteiger partial charge in [-0.2, -0.15) is 4.31 Å². The summed E-state index contributed by atoms with van der Waals surface area (Å²) in [5.41, 5.74) is 0. The lowest BCUT2D eigenvalue weighted by molar-refractivity contribution is 0.364. The van der Waals surface area contributed by atoms with Crippen LogP contribution in [0.2, 0.25) is 0 Å². The summed E-state index contributed by atoms with van der Waals surface area (Å²) in [5, 5.41) is 5.01. The first-order valence-electron chi connectivity index (χ1n) is 7.43. The third kappa shape index (κ3) is 4.04. The van der Waals surface area contributed by atoms with Crippen LogP contribution >= 0.6 is 11.3 Å². The summed E-state index contributed by atoms with van der Waals surface area (Å²) in [5.74, 6) is 0. The van der Waals surface area contributed by atoms with Gasteiger partial charge in [-0.3, -0.25) is 0 Å². The van der Waals surface area contributed by atoms with E-state index < -0.39 is 10.0 Å². The molecule has 1 aliphatic heterocycles. The van der Waals surface area contributed by atoms with Crippen LogP contribution in [-0.2, 0) is 16.6 Å². The van der Waals surface area contributed by atoms with E-state index in [0.29, 0.717) is 18.0 Å². The summed E-state index contributed by atoms with van der Waals surface area (Å²) in [4.78, 5) is 1.55. The van der Waals surface area contributed by atoms with E-state index in [-0.39, 0.29) is 0 Å². The van der Waals surface area contributed by atoms with Gasteiger partial charge < -0.3 is 5.32 Å². The minimum Gasteiger partial charge on any atom is -0.312 e. The van der Waals surface area contributed by atoms with Crippen LogP contribution in [0.1, 0.15) is 43.9 Å². The highest BCUT2D eigenvalue weighted by Crippen LogP contribution is 2.24. The Balaban J connectivity index is 2.09. The first kappa shape index (κ1) is 15.9. The molecule has 2 rings (SSSR count). The van der Waals surface area contributed by atoms with E-state index in [4.69, 9.17) is 0 Å². The number of sulfonamides is 1. The van der Waals surface area contributed by atoms with Crippen molar-refractivity contribution in [1.29, 1.82) is 0 Å². The minimum absolute atomic E-state index is 0.468. The fourth-order valence-corrected chi connectivity index (χ4v) is 5.19. The molecule has 1 aromatic rings. The van der Waals surface area contributed by atoms with E-state index in [2.05, 4.69) is 5.32 Å². The van der Waals surface area contributed by atoms with Crippen molar-refractivity contribution < 1.29 is 8.42 Å². The second-order valence-corrected chi connectivity index (χ2v) is 8.13. The van der Waals surface area contributed by atoms with Crippen LogP contribution in [0.15, 0.2) is 16.3 Å². The zero-order valence-corrected chi connectivity index (χ0v) is 13.7. The molecule has 1 saturated heterocycles. The van der Waals surface area contributed by atoms with Gasteiger partial charge in [-0.15, -0.1) is 11.3 Å². The zero-order valence-electron chi connectivity index (χ0n) is 12.1. The Bertz CT molecular complexity index is 503. The second kappa shape index (κ2) is 7.54. The molecule has 1 aromatic heterocycles. The molecule has 114 valence electrons. The third-order valence-corrected chi connectivity index (χ3v) is 6.59. The average molecular weight is 316 g/mol. The van der Waals surface area contributed by atoms with Crippen LogP contribution < -0.4 is 5.32 Å². The Morgan fingerprint density at radius 1 is 1.20 bits per heavy atom. The van der Waals surface area contributed by atoms with Crippen molar-refractivity contribution in [2.75, 3.05) is 19.6 Å². The summed E-state index contributed by atoms with van der Waals surface area (Å²) < 4.78 is 27.0. The van der Waals surface area contributed by atoms with E-state index in [9.17, 15) is 8.42 Å². The summed E-state index contributed by atoms with van der Waals surface area (Å²) in [7, 11) is -3.29. The van der Waals surface area contributed by atoms with E-state index in [0.717, 1.165) is 43.6 Å². The maximum atomic E-state index is 12.7. The maximum Gasteiger partial charge on any atom is 0.243 e. The van der Waals surface area contributed by atoms with Gasteiger partial charge in [0.25, 0.3) is 0 Å². The first-order valence-corrected chi connectivity index (χ1v) is 9.75. The molecule has 4 nitrogen and oxygen atoms in total. The van der Waals surface area contributed by atoms with Crippen molar-refractivity contribution in [2.24, 2.45) is 0 Å². The molecule has 0 aliphatic carbocycles. The summed E-state index contributed by atoms with van der Waals surface area (Å²) in [6.07, 6.45) is 5.48. The maximum absolute atomic E-state index is 12.7. The fraction of sp³-hybridized carbons (Fsp3) is 0.714.